The SMILES string of the molecule is Cc1cc2c(I)c(C=O)c(C)nc2s1. The summed E-state index contributed by atoms with van der Waals surface area (Å²) in [4.78, 5) is 17.5. The van der Waals surface area contributed by atoms with Crippen LogP contribution in [0, 0.1) is 17.4 Å². The summed E-state index contributed by atoms with van der Waals surface area (Å²) >= 11 is 3.88. The molecule has 2 aromatic heterocycles. The van der Waals surface area contributed by atoms with Crippen LogP contribution < -0.4 is 0 Å². The number of thiophene rings is 1. The van der Waals surface area contributed by atoms with Gasteiger partial charge in [0, 0.05) is 19.4 Å². The number of carbonyl (C=O) groups excluding carboxylic acids is 1. The van der Waals surface area contributed by atoms with Crippen LogP contribution in [-0.2, 0) is 0 Å². The van der Waals surface area contributed by atoms with Gasteiger partial charge in [-0.3, -0.25) is 4.79 Å². The number of carbonyl (C=O) groups is 1. The zero-order valence-electron chi connectivity index (χ0n) is 7.80. The van der Waals surface area contributed by atoms with Crippen LogP contribution in [0.25, 0.3) is 10.2 Å². The smallest absolute Gasteiger partial charge is 0.152 e. The van der Waals surface area contributed by atoms with Crippen LogP contribution in [0.1, 0.15) is 20.9 Å². The van der Waals surface area contributed by atoms with E-state index in [9.17, 15) is 4.79 Å². The van der Waals surface area contributed by atoms with Gasteiger partial charge in [-0.05, 0) is 42.5 Å². The third-order valence-corrected chi connectivity index (χ3v) is 4.19. The van der Waals surface area contributed by atoms with E-state index in [-0.39, 0.29) is 0 Å². The van der Waals surface area contributed by atoms with E-state index in [2.05, 4.69) is 40.6 Å². The Morgan fingerprint density at radius 2 is 2.21 bits per heavy atom. The van der Waals surface area contributed by atoms with Gasteiger partial charge in [0.25, 0.3) is 0 Å². The van der Waals surface area contributed by atoms with Crippen LogP contribution in [0.3, 0.4) is 0 Å². The second-order valence-electron chi connectivity index (χ2n) is 3.12. The van der Waals surface area contributed by atoms with Crippen LogP contribution in [0.4, 0.5) is 0 Å². The minimum atomic E-state index is 0.718. The number of aldehydes is 1. The van der Waals surface area contributed by atoms with E-state index < -0.39 is 0 Å². The lowest BCUT2D eigenvalue weighted by Crippen LogP contribution is -1.94. The Kier molecular flexibility index (Phi) is 2.57. The number of nitrogens with zero attached hydrogens (tertiary/aromatic N) is 1. The summed E-state index contributed by atoms with van der Waals surface area (Å²) < 4.78 is 1.02. The van der Waals surface area contributed by atoms with Crippen LogP contribution in [0.5, 0.6) is 0 Å². The number of aromatic nitrogens is 1. The van der Waals surface area contributed by atoms with E-state index >= 15 is 0 Å². The van der Waals surface area contributed by atoms with Gasteiger partial charge in [0.1, 0.15) is 4.83 Å². The first kappa shape index (κ1) is 10.0. The van der Waals surface area contributed by atoms with Crippen LogP contribution in [-0.4, -0.2) is 11.3 Å². The molecule has 14 heavy (non-hydrogen) atoms. The highest BCUT2D eigenvalue weighted by Gasteiger charge is 2.11. The first-order valence-corrected chi connectivity index (χ1v) is 6.04. The van der Waals surface area contributed by atoms with Crippen molar-refractivity contribution in [2.24, 2.45) is 0 Å². The standard InChI is InChI=1S/C10H8INOS/c1-5-3-7-9(11)8(4-13)6(2)12-10(7)14-5/h3-4H,1-2H3. The number of pyridine rings is 1. The first-order valence-electron chi connectivity index (χ1n) is 4.15. The lowest BCUT2D eigenvalue weighted by Gasteiger charge is -2.01. The van der Waals surface area contributed by atoms with E-state index in [0.29, 0.717) is 0 Å². The molecule has 0 spiro atoms. The molecule has 72 valence electrons. The second-order valence-corrected chi connectivity index (χ2v) is 5.43. The summed E-state index contributed by atoms with van der Waals surface area (Å²) in [6.07, 6.45) is 0.885. The molecule has 2 nitrogen and oxygen atoms in total. The molecular weight excluding hydrogens is 309 g/mol. The highest BCUT2D eigenvalue weighted by Crippen LogP contribution is 2.30. The number of rotatable bonds is 1. The van der Waals surface area contributed by atoms with Gasteiger partial charge in [-0.25, -0.2) is 4.98 Å². The fraction of sp³-hybridized carbons (Fsp3) is 0.200. The zero-order chi connectivity index (χ0) is 10.3. The Bertz CT molecular complexity index is 518. The molecule has 2 rings (SSSR count). The summed E-state index contributed by atoms with van der Waals surface area (Å²) in [5.74, 6) is 0. The predicted molar refractivity (Wildman–Crippen MR) is 67.2 cm³/mol. The topological polar surface area (TPSA) is 30.0 Å². The molecule has 4 heteroatoms. The molecule has 0 fully saturated rings. The van der Waals surface area contributed by atoms with E-state index in [1.165, 1.54) is 4.88 Å². The molecule has 0 aliphatic rings. The lowest BCUT2D eigenvalue weighted by atomic mass is 10.2. The number of halogens is 1. The molecule has 0 bridgehead atoms. The van der Waals surface area contributed by atoms with E-state index in [4.69, 9.17) is 0 Å². The van der Waals surface area contributed by atoms with Crippen molar-refractivity contribution in [3.05, 3.63) is 25.8 Å². The summed E-state index contributed by atoms with van der Waals surface area (Å²) in [7, 11) is 0. The van der Waals surface area contributed by atoms with Crippen molar-refractivity contribution >= 4 is 50.4 Å². The summed E-state index contributed by atoms with van der Waals surface area (Å²) in [5.41, 5.74) is 1.54. The summed E-state index contributed by atoms with van der Waals surface area (Å²) in [6, 6.07) is 2.08. The summed E-state index contributed by atoms with van der Waals surface area (Å²) in [5, 5.41) is 1.10. The number of aryl methyl sites for hydroxylation is 2. The summed E-state index contributed by atoms with van der Waals surface area (Å²) in [6.45, 7) is 3.93. The van der Waals surface area contributed by atoms with Crippen molar-refractivity contribution in [1.29, 1.82) is 0 Å². The number of hydrogen-bond donors (Lipinski definition) is 0. The maximum absolute atomic E-state index is 10.9. The van der Waals surface area contributed by atoms with Crippen molar-refractivity contribution in [2.45, 2.75) is 13.8 Å². The molecule has 0 saturated carbocycles. The molecule has 0 aromatic carbocycles. The maximum atomic E-state index is 10.9. The molecule has 0 aliphatic heterocycles. The van der Waals surface area contributed by atoms with Crippen LogP contribution >= 0.6 is 33.9 Å². The van der Waals surface area contributed by atoms with Crippen molar-refractivity contribution < 1.29 is 4.79 Å². The van der Waals surface area contributed by atoms with E-state index in [0.717, 1.165) is 31.3 Å². The number of hydrogen-bond acceptors (Lipinski definition) is 3. The van der Waals surface area contributed by atoms with Crippen molar-refractivity contribution in [2.75, 3.05) is 0 Å². The highest BCUT2D eigenvalue weighted by atomic mass is 127. The molecule has 0 saturated heterocycles. The van der Waals surface area contributed by atoms with Gasteiger partial charge < -0.3 is 0 Å². The minimum Gasteiger partial charge on any atom is -0.298 e. The normalized spacial score (nSPS) is 10.8. The zero-order valence-corrected chi connectivity index (χ0v) is 10.8. The Balaban J connectivity index is 2.91. The average Bonchev–Trinajstić information content (AvgIpc) is 2.47. The first-order chi connectivity index (χ1) is 6.63. The van der Waals surface area contributed by atoms with Gasteiger partial charge in [0.15, 0.2) is 6.29 Å². The molecular formula is C10H8INOS. The molecule has 2 heterocycles. The van der Waals surface area contributed by atoms with Crippen molar-refractivity contribution in [3.8, 4) is 0 Å². The third-order valence-electron chi connectivity index (χ3n) is 2.09. The van der Waals surface area contributed by atoms with Gasteiger partial charge >= 0.3 is 0 Å². The molecule has 0 unspecified atom stereocenters. The van der Waals surface area contributed by atoms with Gasteiger partial charge in [-0.2, -0.15) is 0 Å². The van der Waals surface area contributed by atoms with Gasteiger partial charge in [0.05, 0.1) is 5.69 Å². The molecule has 0 aliphatic carbocycles. The van der Waals surface area contributed by atoms with Gasteiger partial charge in [-0.1, -0.05) is 0 Å². The Morgan fingerprint density at radius 3 is 2.86 bits per heavy atom. The fourth-order valence-corrected chi connectivity index (χ4v) is 3.44. The van der Waals surface area contributed by atoms with Crippen molar-refractivity contribution in [1.82, 2.24) is 4.98 Å². The van der Waals surface area contributed by atoms with Crippen LogP contribution in [0.15, 0.2) is 6.07 Å². The quantitative estimate of drug-likeness (QED) is 0.596. The van der Waals surface area contributed by atoms with E-state index in [1.807, 2.05) is 6.92 Å². The van der Waals surface area contributed by atoms with E-state index in [1.54, 1.807) is 11.3 Å². The van der Waals surface area contributed by atoms with Gasteiger partial charge in [0.2, 0.25) is 0 Å². The molecule has 0 N–H and O–H groups in total. The molecule has 0 radical (unpaired) electrons. The van der Waals surface area contributed by atoms with Crippen molar-refractivity contribution in [3.63, 3.8) is 0 Å². The Hall–Kier alpha value is -0.490. The largest absolute Gasteiger partial charge is 0.298 e. The second kappa shape index (κ2) is 3.58. The third kappa shape index (κ3) is 1.46. The molecule has 0 atom stereocenters. The highest BCUT2D eigenvalue weighted by molar-refractivity contribution is 14.1. The number of fused-ring (bicyclic) bond motifs is 1. The van der Waals surface area contributed by atoms with Crippen LogP contribution in [0.2, 0.25) is 0 Å². The predicted octanol–water partition coefficient (Wildman–Crippen LogP) is 3.33. The minimum absolute atomic E-state index is 0.718. The lowest BCUT2D eigenvalue weighted by molar-refractivity contribution is 0.112. The fourth-order valence-electron chi connectivity index (χ4n) is 1.40. The van der Waals surface area contributed by atoms with Gasteiger partial charge in [-0.15, -0.1) is 11.3 Å². The molecule has 0 amide bonds. The Morgan fingerprint density at radius 1 is 1.50 bits per heavy atom. The average molecular weight is 317 g/mol. The maximum Gasteiger partial charge on any atom is 0.152 e. The Labute approximate surface area is 99.5 Å². The molecule has 2 aromatic rings. The monoisotopic (exact) mass is 317 g/mol.